The normalized spacial score (nSPS) is 16.7. The lowest BCUT2D eigenvalue weighted by Gasteiger charge is -2.36. The molecule has 0 radical (unpaired) electrons. The third-order valence-corrected chi connectivity index (χ3v) is 5.91. The zero-order valence-corrected chi connectivity index (χ0v) is 17.8. The van der Waals surface area contributed by atoms with Crippen LogP contribution in [0.1, 0.15) is 17.3 Å². The minimum absolute atomic E-state index is 0.0200. The van der Waals surface area contributed by atoms with E-state index in [0.29, 0.717) is 44.8 Å². The van der Waals surface area contributed by atoms with Crippen molar-refractivity contribution >= 4 is 29.1 Å². The number of benzene rings is 2. The van der Waals surface area contributed by atoms with Crippen LogP contribution in [0.25, 0.3) is 0 Å². The van der Waals surface area contributed by atoms with Crippen LogP contribution in [0.4, 0.5) is 25.0 Å². The lowest BCUT2D eigenvalue weighted by atomic mass is 10.1. The molecule has 4 rings (SSSR count). The van der Waals surface area contributed by atoms with Gasteiger partial charge in [0.25, 0.3) is 0 Å². The zero-order chi connectivity index (χ0) is 22.8. The number of Topliss-reactive ketones (excluding diaryl/α,β-unsaturated/α-hetero) is 1. The van der Waals surface area contributed by atoms with E-state index in [-0.39, 0.29) is 23.9 Å². The van der Waals surface area contributed by atoms with E-state index in [0.717, 1.165) is 17.8 Å². The van der Waals surface area contributed by atoms with E-state index < -0.39 is 17.7 Å². The summed E-state index contributed by atoms with van der Waals surface area (Å²) in [4.78, 5) is 43.5. The molecule has 2 heterocycles. The average molecular weight is 442 g/mol. The summed E-state index contributed by atoms with van der Waals surface area (Å²) >= 11 is 0. The molecule has 2 aliphatic rings. The minimum atomic E-state index is -1.02. The van der Waals surface area contributed by atoms with Gasteiger partial charge in [-0.25, -0.2) is 13.6 Å². The minimum Gasteiger partial charge on any atom is -0.368 e. The maximum absolute atomic E-state index is 13.5. The van der Waals surface area contributed by atoms with E-state index in [9.17, 15) is 23.2 Å². The van der Waals surface area contributed by atoms with Crippen molar-refractivity contribution in [2.24, 2.45) is 0 Å². The van der Waals surface area contributed by atoms with E-state index in [1.807, 2.05) is 12.1 Å². The lowest BCUT2D eigenvalue weighted by molar-refractivity contribution is -0.131. The zero-order valence-electron chi connectivity index (χ0n) is 17.8. The van der Waals surface area contributed by atoms with Gasteiger partial charge in [0, 0.05) is 62.3 Å². The number of anilines is 2. The number of ketones is 1. The molecule has 2 aromatic carbocycles. The second-order valence-corrected chi connectivity index (χ2v) is 7.93. The topological polar surface area (TPSA) is 64.2 Å². The van der Waals surface area contributed by atoms with Crippen LogP contribution in [0.3, 0.4) is 0 Å². The second-order valence-electron chi connectivity index (χ2n) is 7.93. The Morgan fingerprint density at radius 2 is 1.50 bits per heavy atom. The molecule has 2 fully saturated rings. The maximum Gasteiger partial charge on any atom is 0.325 e. The molecule has 0 spiro atoms. The van der Waals surface area contributed by atoms with Crippen LogP contribution >= 0.6 is 0 Å². The molecule has 168 valence electrons. The first kappa shape index (κ1) is 21.7. The second kappa shape index (κ2) is 8.94. The van der Waals surface area contributed by atoms with Gasteiger partial charge in [-0.1, -0.05) is 0 Å². The van der Waals surface area contributed by atoms with Gasteiger partial charge in [0.15, 0.2) is 17.4 Å². The Balaban J connectivity index is 1.31. The molecular weight excluding hydrogens is 418 g/mol. The summed E-state index contributed by atoms with van der Waals surface area (Å²) in [5.41, 5.74) is 1.93. The van der Waals surface area contributed by atoms with Crippen LogP contribution in [-0.4, -0.2) is 73.3 Å². The van der Waals surface area contributed by atoms with Crippen molar-refractivity contribution in [2.45, 2.75) is 6.92 Å². The fourth-order valence-corrected chi connectivity index (χ4v) is 4.01. The predicted molar refractivity (Wildman–Crippen MR) is 116 cm³/mol. The van der Waals surface area contributed by atoms with Crippen molar-refractivity contribution < 1.29 is 23.2 Å². The molecule has 2 aliphatic heterocycles. The first-order chi connectivity index (χ1) is 15.3. The maximum atomic E-state index is 13.5. The number of halogens is 2. The molecular formula is C23H24F2N4O3. The highest BCUT2D eigenvalue weighted by Gasteiger charge is 2.33. The number of urea groups is 1. The Morgan fingerprint density at radius 3 is 2.12 bits per heavy atom. The van der Waals surface area contributed by atoms with Crippen molar-refractivity contribution in [1.82, 2.24) is 9.80 Å². The molecule has 9 heteroatoms. The van der Waals surface area contributed by atoms with Gasteiger partial charge >= 0.3 is 6.03 Å². The summed E-state index contributed by atoms with van der Waals surface area (Å²) in [6.45, 7) is 4.49. The Labute approximate surface area is 184 Å². The summed E-state index contributed by atoms with van der Waals surface area (Å²) in [5, 5.41) is 0. The number of rotatable bonds is 5. The summed E-state index contributed by atoms with van der Waals surface area (Å²) in [7, 11) is 0. The Bertz CT molecular complexity index is 1040. The molecule has 0 atom stereocenters. The van der Waals surface area contributed by atoms with Gasteiger partial charge in [0.05, 0.1) is 0 Å². The Kier molecular flexibility index (Phi) is 6.07. The van der Waals surface area contributed by atoms with Gasteiger partial charge < -0.3 is 14.7 Å². The van der Waals surface area contributed by atoms with Crippen molar-refractivity contribution in [3.8, 4) is 0 Å². The summed E-state index contributed by atoms with van der Waals surface area (Å²) in [6.07, 6.45) is 0. The van der Waals surface area contributed by atoms with Gasteiger partial charge in [0.2, 0.25) is 5.91 Å². The fourth-order valence-electron chi connectivity index (χ4n) is 4.01. The van der Waals surface area contributed by atoms with E-state index in [1.54, 1.807) is 17.0 Å². The monoisotopic (exact) mass is 442 g/mol. The fraction of sp³-hybridized carbons (Fsp3) is 0.348. The van der Waals surface area contributed by atoms with Gasteiger partial charge in [0.1, 0.15) is 6.54 Å². The van der Waals surface area contributed by atoms with Crippen LogP contribution in [0, 0.1) is 11.6 Å². The van der Waals surface area contributed by atoms with Crippen LogP contribution in [0.5, 0.6) is 0 Å². The summed E-state index contributed by atoms with van der Waals surface area (Å²) < 4.78 is 26.7. The summed E-state index contributed by atoms with van der Waals surface area (Å²) in [6, 6.07) is 10.3. The lowest BCUT2D eigenvalue weighted by Crippen LogP contribution is -2.51. The highest BCUT2D eigenvalue weighted by atomic mass is 19.2. The van der Waals surface area contributed by atoms with E-state index in [2.05, 4.69) is 4.90 Å². The van der Waals surface area contributed by atoms with Crippen LogP contribution in [0.15, 0.2) is 42.5 Å². The Morgan fingerprint density at radius 1 is 0.844 bits per heavy atom. The molecule has 0 aliphatic carbocycles. The molecule has 7 nitrogen and oxygen atoms in total. The van der Waals surface area contributed by atoms with Gasteiger partial charge in [-0.05, 0) is 43.3 Å². The number of nitrogens with zero attached hydrogens (tertiary/aromatic N) is 4. The number of carbonyl (C=O) groups is 3. The first-order valence-electron chi connectivity index (χ1n) is 10.5. The molecule has 2 aromatic rings. The molecule has 2 saturated heterocycles. The van der Waals surface area contributed by atoms with E-state index in [1.165, 1.54) is 22.8 Å². The molecule has 0 unspecified atom stereocenters. The third-order valence-electron chi connectivity index (χ3n) is 5.91. The summed E-state index contributed by atoms with van der Waals surface area (Å²) in [5.74, 6) is -2.11. The average Bonchev–Trinajstić information content (AvgIpc) is 3.15. The predicted octanol–water partition coefficient (Wildman–Crippen LogP) is 2.76. The van der Waals surface area contributed by atoms with E-state index in [4.69, 9.17) is 0 Å². The smallest absolute Gasteiger partial charge is 0.325 e. The highest BCUT2D eigenvalue weighted by Crippen LogP contribution is 2.23. The molecule has 3 amide bonds. The third kappa shape index (κ3) is 4.42. The van der Waals surface area contributed by atoms with Crippen molar-refractivity contribution in [3.05, 3.63) is 59.7 Å². The molecule has 0 bridgehead atoms. The van der Waals surface area contributed by atoms with Crippen LogP contribution < -0.4 is 9.80 Å². The first-order valence-corrected chi connectivity index (χ1v) is 10.5. The van der Waals surface area contributed by atoms with Crippen LogP contribution in [-0.2, 0) is 4.79 Å². The van der Waals surface area contributed by atoms with Crippen molar-refractivity contribution in [2.75, 3.05) is 55.6 Å². The Hall–Kier alpha value is -3.49. The molecule has 0 saturated carbocycles. The van der Waals surface area contributed by atoms with Crippen molar-refractivity contribution in [3.63, 3.8) is 0 Å². The number of hydrogen-bond donors (Lipinski definition) is 0. The van der Waals surface area contributed by atoms with E-state index >= 15 is 0 Å². The van der Waals surface area contributed by atoms with Gasteiger partial charge in [-0.3, -0.25) is 14.5 Å². The molecule has 32 heavy (non-hydrogen) atoms. The number of amides is 3. The number of hydrogen-bond acceptors (Lipinski definition) is 4. The van der Waals surface area contributed by atoms with Crippen molar-refractivity contribution in [1.29, 1.82) is 0 Å². The molecule has 0 aromatic heterocycles. The quantitative estimate of drug-likeness (QED) is 0.668. The van der Waals surface area contributed by atoms with Gasteiger partial charge in [-0.2, -0.15) is 0 Å². The standard InChI is InChI=1S/C23H24F2N4O3/c1-16(30)17-2-4-18(5-3-17)26-8-10-27(11-9-26)22(31)15-28-12-13-29(23(28)32)19-6-7-20(24)21(25)14-19/h2-7,14H,8-13,15H2,1H3. The van der Waals surface area contributed by atoms with Gasteiger partial charge in [-0.15, -0.1) is 0 Å². The molecule has 0 N–H and O–H groups in total. The SMILES string of the molecule is CC(=O)c1ccc(N2CCN(C(=O)CN3CCN(c4ccc(F)c(F)c4)C3=O)CC2)cc1. The number of piperazine rings is 1. The number of carbonyl (C=O) groups excluding carboxylic acids is 3. The van der Waals surface area contributed by atoms with Crippen LogP contribution in [0.2, 0.25) is 0 Å². The highest BCUT2D eigenvalue weighted by molar-refractivity contribution is 5.96. The largest absolute Gasteiger partial charge is 0.368 e.